The Labute approximate surface area is 193 Å². The molecular weight excluding hydrogens is 420 g/mol. The van der Waals surface area contributed by atoms with Gasteiger partial charge in [0.1, 0.15) is 5.70 Å². The number of anilines is 2. The lowest BCUT2D eigenvalue weighted by Gasteiger charge is -2.19. The average Bonchev–Trinajstić information content (AvgIpc) is 2.99. The van der Waals surface area contributed by atoms with E-state index in [1.807, 2.05) is 83.1 Å². The highest BCUT2D eigenvalue weighted by molar-refractivity contribution is 6.46. The molecule has 4 rings (SSSR count). The summed E-state index contributed by atoms with van der Waals surface area (Å²) in [5, 5.41) is 3.82. The lowest BCUT2D eigenvalue weighted by molar-refractivity contribution is -0.120. The van der Waals surface area contributed by atoms with Gasteiger partial charge in [0, 0.05) is 10.7 Å². The van der Waals surface area contributed by atoms with Crippen LogP contribution in [0.3, 0.4) is 0 Å². The molecule has 1 N–H and O–H groups in total. The number of imide groups is 1. The Morgan fingerprint density at radius 2 is 1.47 bits per heavy atom. The van der Waals surface area contributed by atoms with Crippen LogP contribution in [-0.4, -0.2) is 11.8 Å². The zero-order chi connectivity index (χ0) is 23.2. The second-order valence-electron chi connectivity index (χ2n) is 8.25. The summed E-state index contributed by atoms with van der Waals surface area (Å²) in [6.45, 7) is 9.79. The second-order valence-corrected chi connectivity index (χ2v) is 8.66. The van der Waals surface area contributed by atoms with Gasteiger partial charge in [-0.15, -0.1) is 0 Å². The highest BCUT2D eigenvalue weighted by atomic mass is 35.5. The molecule has 0 spiro atoms. The number of carbonyl (C=O) groups is 2. The van der Waals surface area contributed by atoms with Gasteiger partial charge in [-0.1, -0.05) is 48.0 Å². The molecule has 3 aromatic rings. The molecule has 1 aliphatic heterocycles. The van der Waals surface area contributed by atoms with E-state index in [1.54, 1.807) is 6.07 Å². The number of carbonyl (C=O) groups excluding carboxylic acids is 2. The van der Waals surface area contributed by atoms with Gasteiger partial charge in [-0.2, -0.15) is 0 Å². The van der Waals surface area contributed by atoms with Gasteiger partial charge in [-0.05, 0) is 86.2 Å². The second kappa shape index (κ2) is 8.29. The van der Waals surface area contributed by atoms with E-state index in [9.17, 15) is 9.59 Å². The van der Waals surface area contributed by atoms with E-state index >= 15 is 0 Å². The number of nitrogens with one attached hydrogen (secondary N) is 1. The van der Waals surface area contributed by atoms with Crippen LogP contribution in [0.4, 0.5) is 11.4 Å². The first kappa shape index (κ1) is 21.8. The fraction of sp³-hybridized carbons (Fsp3) is 0.185. The zero-order valence-corrected chi connectivity index (χ0v) is 19.6. The van der Waals surface area contributed by atoms with Gasteiger partial charge in [-0.25, -0.2) is 4.90 Å². The van der Waals surface area contributed by atoms with Crippen molar-refractivity contribution in [3.63, 3.8) is 0 Å². The Morgan fingerprint density at radius 3 is 2.19 bits per heavy atom. The Balaban J connectivity index is 1.90. The fourth-order valence-electron chi connectivity index (χ4n) is 3.88. The number of aryl methyl sites for hydroxylation is 3. The Hall–Kier alpha value is -3.37. The molecule has 2 amide bonds. The highest BCUT2D eigenvalue weighted by Gasteiger charge is 2.41. The van der Waals surface area contributed by atoms with Crippen LogP contribution in [0, 0.1) is 34.6 Å². The van der Waals surface area contributed by atoms with Gasteiger partial charge in [-0.3, -0.25) is 9.59 Å². The third-order valence-electron chi connectivity index (χ3n) is 6.22. The van der Waals surface area contributed by atoms with Crippen molar-refractivity contribution in [2.45, 2.75) is 34.6 Å². The number of benzene rings is 3. The SMILES string of the molecule is Cc1ccc(C2=C(Nc3cccc(Cl)c3C)C(=O)N(c3cccc(C)c3C)C2=O)cc1C. The van der Waals surface area contributed by atoms with Gasteiger partial charge in [0.15, 0.2) is 0 Å². The van der Waals surface area contributed by atoms with E-state index in [4.69, 9.17) is 11.6 Å². The maximum absolute atomic E-state index is 13.7. The number of amides is 2. The molecule has 0 fully saturated rings. The summed E-state index contributed by atoms with van der Waals surface area (Å²) in [4.78, 5) is 28.7. The van der Waals surface area contributed by atoms with Crippen molar-refractivity contribution in [2.24, 2.45) is 0 Å². The molecule has 0 saturated heterocycles. The molecule has 0 saturated carbocycles. The summed E-state index contributed by atoms with van der Waals surface area (Å²) in [6, 6.07) is 16.9. The summed E-state index contributed by atoms with van der Waals surface area (Å²) in [5.41, 5.74) is 7.52. The molecule has 0 radical (unpaired) electrons. The van der Waals surface area contributed by atoms with E-state index in [0.717, 1.165) is 27.8 Å². The third kappa shape index (κ3) is 3.61. The van der Waals surface area contributed by atoms with Crippen molar-refractivity contribution in [3.8, 4) is 0 Å². The topological polar surface area (TPSA) is 49.4 Å². The molecule has 162 valence electrons. The Bertz CT molecular complexity index is 1310. The van der Waals surface area contributed by atoms with Gasteiger partial charge < -0.3 is 5.32 Å². The van der Waals surface area contributed by atoms with Crippen molar-refractivity contribution in [1.29, 1.82) is 0 Å². The minimum absolute atomic E-state index is 0.254. The molecule has 32 heavy (non-hydrogen) atoms. The van der Waals surface area contributed by atoms with Gasteiger partial charge in [0.25, 0.3) is 11.8 Å². The summed E-state index contributed by atoms with van der Waals surface area (Å²) in [7, 11) is 0. The predicted molar refractivity (Wildman–Crippen MR) is 131 cm³/mol. The number of hydrogen-bond donors (Lipinski definition) is 1. The monoisotopic (exact) mass is 444 g/mol. The molecule has 4 nitrogen and oxygen atoms in total. The third-order valence-corrected chi connectivity index (χ3v) is 6.63. The first-order chi connectivity index (χ1) is 15.2. The fourth-order valence-corrected chi connectivity index (χ4v) is 4.06. The molecule has 5 heteroatoms. The molecule has 0 aliphatic carbocycles. The molecule has 0 aromatic heterocycles. The Kier molecular flexibility index (Phi) is 5.66. The molecular formula is C27H25ClN2O2. The minimum atomic E-state index is -0.378. The smallest absolute Gasteiger partial charge is 0.282 e. The van der Waals surface area contributed by atoms with Crippen LogP contribution >= 0.6 is 11.6 Å². The van der Waals surface area contributed by atoms with Crippen LogP contribution in [0.2, 0.25) is 5.02 Å². The average molecular weight is 445 g/mol. The van der Waals surface area contributed by atoms with Crippen LogP contribution < -0.4 is 10.2 Å². The maximum atomic E-state index is 13.7. The van der Waals surface area contributed by atoms with Crippen molar-refractivity contribution >= 4 is 40.4 Å². The number of halogens is 1. The Morgan fingerprint density at radius 1 is 0.750 bits per heavy atom. The standard InChI is InChI=1S/C27H25ClN2O2/c1-15-12-13-20(14-17(15)3)24-25(29-22-10-7-9-21(28)19(22)5)27(32)30(26(24)31)23-11-6-8-16(2)18(23)4/h6-14,29H,1-5H3. The zero-order valence-electron chi connectivity index (χ0n) is 18.8. The minimum Gasteiger partial charge on any atom is -0.350 e. The largest absolute Gasteiger partial charge is 0.350 e. The van der Waals surface area contributed by atoms with Gasteiger partial charge >= 0.3 is 0 Å². The van der Waals surface area contributed by atoms with Crippen LogP contribution in [0.15, 0.2) is 60.3 Å². The van der Waals surface area contributed by atoms with Crippen LogP contribution in [0.25, 0.3) is 5.57 Å². The van der Waals surface area contributed by atoms with Crippen molar-refractivity contribution in [1.82, 2.24) is 0 Å². The van der Waals surface area contributed by atoms with E-state index in [2.05, 4.69) is 5.32 Å². The molecule has 3 aromatic carbocycles. The van der Waals surface area contributed by atoms with E-state index in [-0.39, 0.29) is 17.5 Å². The number of nitrogens with zero attached hydrogens (tertiary/aromatic N) is 1. The van der Waals surface area contributed by atoms with E-state index in [1.165, 1.54) is 4.90 Å². The lowest BCUT2D eigenvalue weighted by atomic mass is 9.99. The number of hydrogen-bond acceptors (Lipinski definition) is 3. The summed E-state index contributed by atoms with van der Waals surface area (Å²) in [5.74, 6) is -0.717. The predicted octanol–water partition coefficient (Wildman–Crippen LogP) is 6.28. The summed E-state index contributed by atoms with van der Waals surface area (Å²) in [6.07, 6.45) is 0. The van der Waals surface area contributed by atoms with Gasteiger partial charge in [0.05, 0.1) is 11.3 Å². The van der Waals surface area contributed by atoms with Crippen LogP contribution in [0.1, 0.15) is 33.4 Å². The lowest BCUT2D eigenvalue weighted by Crippen LogP contribution is -2.33. The molecule has 0 bridgehead atoms. The van der Waals surface area contributed by atoms with Crippen LogP contribution in [0.5, 0.6) is 0 Å². The first-order valence-electron chi connectivity index (χ1n) is 10.5. The molecule has 0 atom stereocenters. The van der Waals surface area contributed by atoms with Crippen molar-refractivity contribution < 1.29 is 9.59 Å². The normalized spacial score (nSPS) is 13.9. The van der Waals surface area contributed by atoms with Crippen LogP contribution in [-0.2, 0) is 9.59 Å². The first-order valence-corrected chi connectivity index (χ1v) is 10.9. The number of rotatable bonds is 4. The van der Waals surface area contributed by atoms with Gasteiger partial charge in [0.2, 0.25) is 0 Å². The van der Waals surface area contributed by atoms with Crippen molar-refractivity contribution in [2.75, 3.05) is 10.2 Å². The maximum Gasteiger partial charge on any atom is 0.282 e. The molecule has 1 aliphatic rings. The quantitative estimate of drug-likeness (QED) is 0.482. The highest BCUT2D eigenvalue weighted by Crippen LogP contribution is 2.37. The van der Waals surface area contributed by atoms with E-state index in [0.29, 0.717) is 27.5 Å². The summed E-state index contributed by atoms with van der Waals surface area (Å²) >= 11 is 6.30. The molecule has 0 unspecified atom stereocenters. The van der Waals surface area contributed by atoms with E-state index < -0.39 is 0 Å². The summed E-state index contributed by atoms with van der Waals surface area (Å²) < 4.78 is 0. The van der Waals surface area contributed by atoms with Crippen molar-refractivity contribution in [3.05, 3.63) is 98.7 Å². The molecule has 1 heterocycles.